The Morgan fingerprint density at radius 2 is 1.66 bits per heavy atom. The third-order valence-corrected chi connectivity index (χ3v) is 5.31. The second kappa shape index (κ2) is 10.0. The lowest BCUT2D eigenvalue weighted by atomic mass is 10.2. The van der Waals surface area contributed by atoms with Crippen LogP contribution in [0.15, 0.2) is 82.6 Å². The van der Waals surface area contributed by atoms with E-state index in [1.807, 2.05) is 48.5 Å². The highest BCUT2D eigenvalue weighted by atomic mass is 35.5. The highest BCUT2D eigenvalue weighted by Crippen LogP contribution is 2.41. The minimum atomic E-state index is -0.274. The topological polar surface area (TPSA) is 47.6 Å². The molecule has 3 aromatic carbocycles. The van der Waals surface area contributed by atoms with Crippen LogP contribution < -0.4 is 14.8 Å². The van der Waals surface area contributed by atoms with Crippen molar-refractivity contribution in [2.45, 2.75) is 9.79 Å². The summed E-state index contributed by atoms with van der Waals surface area (Å²) in [6.45, 7) is 0. The van der Waals surface area contributed by atoms with Crippen molar-refractivity contribution in [3.63, 3.8) is 0 Å². The number of amides is 1. The number of anilines is 1. The first-order valence-electron chi connectivity index (χ1n) is 8.82. The zero-order valence-corrected chi connectivity index (χ0v) is 17.6. The highest BCUT2D eigenvalue weighted by molar-refractivity contribution is 7.99. The number of methoxy groups -OCH3 is 2. The van der Waals surface area contributed by atoms with Crippen LogP contribution in [0.2, 0.25) is 5.02 Å². The highest BCUT2D eigenvalue weighted by Gasteiger charge is 2.14. The maximum Gasteiger partial charge on any atom is 0.248 e. The van der Waals surface area contributed by atoms with Crippen molar-refractivity contribution in [1.29, 1.82) is 0 Å². The van der Waals surface area contributed by atoms with Gasteiger partial charge in [-0.15, -0.1) is 0 Å². The van der Waals surface area contributed by atoms with Crippen molar-refractivity contribution in [2.24, 2.45) is 0 Å². The fraction of sp³-hybridized carbons (Fsp3) is 0.0870. The Kier molecular flexibility index (Phi) is 7.22. The second-order valence-corrected chi connectivity index (χ2v) is 7.54. The molecule has 0 aliphatic rings. The summed E-state index contributed by atoms with van der Waals surface area (Å²) in [4.78, 5) is 14.3. The maximum atomic E-state index is 12.4. The Labute approximate surface area is 179 Å². The molecule has 1 amide bonds. The molecule has 0 bridgehead atoms. The standard InChI is InChI=1S/C23H20ClNO3S/c1-27-20-15-22(29-18-6-4-3-5-7-18)21(28-2)14-19(20)25-23(26)13-10-16-8-11-17(24)12-9-16/h3-15H,1-2H3,(H,25,26)/b13-10+. The summed E-state index contributed by atoms with van der Waals surface area (Å²) >= 11 is 7.44. The van der Waals surface area contributed by atoms with Gasteiger partial charge in [-0.05, 0) is 42.0 Å². The largest absolute Gasteiger partial charge is 0.495 e. The van der Waals surface area contributed by atoms with Gasteiger partial charge >= 0.3 is 0 Å². The molecule has 29 heavy (non-hydrogen) atoms. The number of carbonyl (C=O) groups is 1. The summed E-state index contributed by atoms with van der Waals surface area (Å²) in [6.07, 6.45) is 3.18. The Morgan fingerprint density at radius 3 is 2.31 bits per heavy atom. The summed E-state index contributed by atoms with van der Waals surface area (Å²) in [7, 11) is 3.17. The molecule has 0 atom stereocenters. The van der Waals surface area contributed by atoms with E-state index in [0.29, 0.717) is 22.2 Å². The molecule has 0 aliphatic carbocycles. The van der Waals surface area contributed by atoms with Gasteiger partial charge < -0.3 is 14.8 Å². The summed E-state index contributed by atoms with van der Waals surface area (Å²) in [5, 5.41) is 3.49. The monoisotopic (exact) mass is 425 g/mol. The minimum absolute atomic E-state index is 0.274. The van der Waals surface area contributed by atoms with Gasteiger partial charge in [-0.1, -0.05) is 53.7 Å². The number of benzene rings is 3. The van der Waals surface area contributed by atoms with Crippen LogP contribution in [-0.2, 0) is 4.79 Å². The Morgan fingerprint density at radius 1 is 0.966 bits per heavy atom. The Balaban J connectivity index is 1.79. The average Bonchev–Trinajstić information content (AvgIpc) is 2.74. The van der Waals surface area contributed by atoms with E-state index in [4.69, 9.17) is 21.1 Å². The maximum absolute atomic E-state index is 12.4. The van der Waals surface area contributed by atoms with Gasteiger partial charge in [0.05, 0.1) is 24.8 Å². The fourth-order valence-electron chi connectivity index (χ4n) is 2.58. The molecule has 0 saturated carbocycles. The molecular formula is C23H20ClNO3S. The molecule has 0 unspecified atom stereocenters. The van der Waals surface area contributed by atoms with E-state index in [2.05, 4.69) is 5.32 Å². The van der Waals surface area contributed by atoms with Crippen molar-refractivity contribution in [3.8, 4) is 11.5 Å². The molecule has 0 saturated heterocycles. The smallest absolute Gasteiger partial charge is 0.248 e. The van der Waals surface area contributed by atoms with Gasteiger partial charge in [-0.25, -0.2) is 0 Å². The SMILES string of the molecule is COc1cc(Sc2ccccc2)c(OC)cc1NC(=O)/C=C/c1ccc(Cl)cc1. The van der Waals surface area contributed by atoms with E-state index in [1.54, 1.807) is 50.3 Å². The number of carbonyl (C=O) groups excluding carboxylic acids is 1. The van der Waals surface area contributed by atoms with E-state index in [9.17, 15) is 4.79 Å². The molecule has 3 aromatic rings. The molecule has 0 fully saturated rings. The number of hydrogen-bond acceptors (Lipinski definition) is 4. The van der Waals surface area contributed by atoms with E-state index >= 15 is 0 Å². The molecule has 0 aromatic heterocycles. The molecule has 0 aliphatic heterocycles. The molecule has 1 N–H and O–H groups in total. The summed E-state index contributed by atoms with van der Waals surface area (Å²) < 4.78 is 11.0. The summed E-state index contributed by atoms with van der Waals surface area (Å²) in [5.41, 5.74) is 1.41. The van der Waals surface area contributed by atoms with Gasteiger partial charge in [0.15, 0.2) is 0 Å². The first-order valence-corrected chi connectivity index (χ1v) is 10.0. The molecule has 148 valence electrons. The van der Waals surface area contributed by atoms with Crippen molar-refractivity contribution >= 4 is 41.0 Å². The summed E-state index contributed by atoms with van der Waals surface area (Å²) in [6, 6.07) is 20.8. The van der Waals surface area contributed by atoms with Crippen LogP contribution in [0.1, 0.15) is 5.56 Å². The van der Waals surface area contributed by atoms with Crippen LogP contribution >= 0.6 is 23.4 Å². The van der Waals surface area contributed by atoms with Gasteiger partial charge in [0.2, 0.25) is 5.91 Å². The number of halogens is 1. The first kappa shape index (κ1) is 20.8. The molecule has 4 nitrogen and oxygen atoms in total. The van der Waals surface area contributed by atoms with Crippen molar-refractivity contribution in [3.05, 3.63) is 83.4 Å². The zero-order valence-electron chi connectivity index (χ0n) is 16.0. The Bertz CT molecular complexity index is 1000. The van der Waals surface area contributed by atoms with Crippen molar-refractivity contribution in [1.82, 2.24) is 0 Å². The normalized spacial score (nSPS) is 10.7. The van der Waals surface area contributed by atoms with Gasteiger partial charge in [0.1, 0.15) is 11.5 Å². The zero-order chi connectivity index (χ0) is 20.6. The Hall–Kier alpha value is -2.89. The van der Waals surface area contributed by atoms with Crippen molar-refractivity contribution in [2.75, 3.05) is 19.5 Å². The van der Waals surface area contributed by atoms with E-state index in [1.165, 1.54) is 6.08 Å². The molecule has 6 heteroatoms. The van der Waals surface area contributed by atoms with Gasteiger partial charge in [0.25, 0.3) is 0 Å². The lowest BCUT2D eigenvalue weighted by Crippen LogP contribution is -2.09. The molecule has 0 radical (unpaired) electrons. The lowest BCUT2D eigenvalue weighted by Gasteiger charge is -2.15. The third-order valence-electron chi connectivity index (χ3n) is 4.01. The number of ether oxygens (including phenoxy) is 2. The second-order valence-electron chi connectivity index (χ2n) is 5.99. The van der Waals surface area contributed by atoms with Crippen LogP contribution in [0.25, 0.3) is 6.08 Å². The predicted octanol–water partition coefficient (Wildman–Crippen LogP) is 6.16. The van der Waals surface area contributed by atoms with Gasteiger partial charge in [-0.2, -0.15) is 0 Å². The predicted molar refractivity (Wildman–Crippen MR) is 119 cm³/mol. The minimum Gasteiger partial charge on any atom is -0.495 e. The van der Waals surface area contributed by atoms with E-state index < -0.39 is 0 Å². The number of nitrogens with one attached hydrogen (secondary N) is 1. The van der Waals surface area contributed by atoms with Crippen LogP contribution in [0.4, 0.5) is 5.69 Å². The molecule has 0 heterocycles. The average molecular weight is 426 g/mol. The van der Waals surface area contributed by atoms with Gasteiger partial charge in [-0.3, -0.25) is 4.79 Å². The third kappa shape index (κ3) is 5.79. The van der Waals surface area contributed by atoms with Crippen LogP contribution in [0, 0.1) is 0 Å². The molecular weight excluding hydrogens is 406 g/mol. The quantitative estimate of drug-likeness (QED) is 0.460. The van der Waals surface area contributed by atoms with Crippen LogP contribution in [0.3, 0.4) is 0 Å². The number of rotatable bonds is 7. The lowest BCUT2D eigenvalue weighted by molar-refractivity contribution is -0.111. The molecule has 3 rings (SSSR count). The van der Waals surface area contributed by atoms with Crippen LogP contribution in [-0.4, -0.2) is 20.1 Å². The number of hydrogen-bond donors (Lipinski definition) is 1. The van der Waals surface area contributed by atoms with Gasteiger partial charge in [0, 0.05) is 22.1 Å². The van der Waals surface area contributed by atoms with Crippen molar-refractivity contribution < 1.29 is 14.3 Å². The van der Waals surface area contributed by atoms with E-state index in [-0.39, 0.29) is 5.91 Å². The molecule has 0 spiro atoms. The first-order chi connectivity index (χ1) is 14.1. The van der Waals surface area contributed by atoms with Crippen LogP contribution in [0.5, 0.6) is 11.5 Å². The fourth-order valence-corrected chi connectivity index (χ4v) is 3.66. The van der Waals surface area contributed by atoms with E-state index in [0.717, 1.165) is 15.4 Å². The summed E-state index contributed by atoms with van der Waals surface area (Å²) in [5.74, 6) is 0.929.